The molecule has 0 saturated heterocycles. The van der Waals surface area contributed by atoms with Crippen LogP contribution in [0.15, 0.2) is 0 Å². The number of nitrogens with zero attached hydrogens (tertiary/aromatic N) is 1. The van der Waals surface area contributed by atoms with Crippen LogP contribution in [0.3, 0.4) is 0 Å². The fourth-order valence-electron chi connectivity index (χ4n) is 1.12. The first kappa shape index (κ1) is 14.4. The number of rotatable bonds is 8. The van der Waals surface area contributed by atoms with Gasteiger partial charge in [0.1, 0.15) is 6.04 Å². The van der Waals surface area contributed by atoms with Gasteiger partial charge < -0.3 is 9.84 Å². The first-order valence-electron chi connectivity index (χ1n) is 5.49. The van der Waals surface area contributed by atoms with E-state index in [1.807, 2.05) is 6.92 Å². The van der Waals surface area contributed by atoms with Gasteiger partial charge in [-0.25, -0.2) is 0 Å². The van der Waals surface area contributed by atoms with Crippen molar-refractivity contribution in [2.45, 2.75) is 33.2 Å². The van der Waals surface area contributed by atoms with E-state index in [1.165, 1.54) is 0 Å². The molecule has 0 aliphatic carbocycles. The van der Waals surface area contributed by atoms with Crippen molar-refractivity contribution in [2.75, 3.05) is 26.8 Å². The molecule has 1 atom stereocenters. The molecule has 0 saturated carbocycles. The molecule has 0 aromatic heterocycles. The standard InChI is InChI=1S/C11H23NO3/c1-5-12(4)10(11(13)14)8-15-7-6-9(2)3/h9-10H,5-8H2,1-4H3,(H,13,14). The van der Waals surface area contributed by atoms with E-state index >= 15 is 0 Å². The molecule has 0 bridgehead atoms. The highest BCUT2D eigenvalue weighted by Crippen LogP contribution is 2.02. The van der Waals surface area contributed by atoms with Gasteiger partial charge >= 0.3 is 5.97 Å². The summed E-state index contributed by atoms with van der Waals surface area (Å²) in [6.45, 7) is 7.80. The summed E-state index contributed by atoms with van der Waals surface area (Å²) < 4.78 is 5.37. The molecule has 0 aromatic rings. The number of hydrogen-bond acceptors (Lipinski definition) is 3. The lowest BCUT2D eigenvalue weighted by atomic mass is 10.1. The van der Waals surface area contributed by atoms with Gasteiger partial charge in [0, 0.05) is 6.61 Å². The number of aliphatic carboxylic acids is 1. The predicted octanol–water partition coefficient (Wildman–Crippen LogP) is 1.45. The Morgan fingerprint density at radius 3 is 2.47 bits per heavy atom. The highest BCUT2D eigenvalue weighted by molar-refractivity contribution is 5.73. The maximum atomic E-state index is 10.9. The molecule has 90 valence electrons. The van der Waals surface area contributed by atoms with E-state index < -0.39 is 12.0 Å². The first-order valence-corrected chi connectivity index (χ1v) is 5.49. The third-order valence-corrected chi connectivity index (χ3v) is 2.43. The van der Waals surface area contributed by atoms with Crippen LogP contribution in [-0.4, -0.2) is 48.8 Å². The fourth-order valence-corrected chi connectivity index (χ4v) is 1.12. The molecule has 15 heavy (non-hydrogen) atoms. The highest BCUT2D eigenvalue weighted by atomic mass is 16.5. The van der Waals surface area contributed by atoms with Crippen LogP contribution >= 0.6 is 0 Å². The molecular weight excluding hydrogens is 194 g/mol. The Balaban J connectivity index is 3.82. The van der Waals surface area contributed by atoms with Crippen LogP contribution in [0.1, 0.15) is 27.2 Å². The van der Waals surface area contributed by atoms with Crippen LogP contribution in [0.4, 0.5) is 0 Å². The highest BCUT2D eigenvalue weighted by Gasteiger charge is 2.21. The minimum absolute atomic E-state index is 0.270. The van der Waals surface area contributed by atoms with E-state index in [2.05, 4.69) is 13.8 Å². The monoisotopic (exact) mass is 217 g/mol. The Hall–Kier alpha value is -0.610. The number of hydrogen-bond donors (Lipinski definition) is 1. The van der Waals surface area contributed by atoms with Gasteiger partial charge in [-0.2, -0.15) is 0 Å². The lowest BCUT2D eigenvalue weighted by Gasteiger charge is -2.22. The zero-order valence-electron chi connectivity index (χ0n) is 10.2. The Kier molecular flexibility index (Phi) is 7.34. The normalized spacial score (nSPS) is 13.5. The molecule has 4 heteroatoms. The third kappa shape index (κ3) is 6.47. The van der Waals surface area contributed by atoms with Crippen LogP contribution in [0, 0.1) is 5.92 Å². The van der Waals surface area contributed by atoms with Crippen LogP contribution in [0.25, 0.3) is 0 Å². The molecule has 0 radical (unpaired) electrons. The maximum Gasteiger partial charge on any atom is 0.323 e. The second-order valence-corrected chi connectivity index (χ2v) is 4.18. The maximum absolute atomic E-state index is 10.9. The topological polar surface area (TPSA) is 49.8 Å². The first-order chi connectivity index (χ1) is 6.99. The van der Waals surface area contributed by atoms with Crippen LogP contribution in [0.5, 0.6) is 0 Å². The van der Waals surface area contributed by atoms with Crippen LogP contribution in [0.2, 0.25) is 0 Å². The van der Waals surface area contributed by atoms with Crippen molar-refractivity contribution in [1.82, 2.24) is 4.90 Å². The predicted molar refractivity (Wildman–Crippen MR) is 60.0 cm³/mol. The molecule has 0 aliphatic heterocycles. The number of likely N-dealkylation sites (N-methyl/N-ethyl adjacent to an activating group) is 1. The Labute approximate surface area is 92.2 Å². The summed E-state index contributed by atoms with van der Waals surface area (Å²) in [5, 5.41) is 8.96. The quantitative estimate of drug-likeness (QED) is 0.625. The Morgan fingerprint density at radius 1 is 1.47 bits per heavy atom. The molecule has 0 aliphatic rings. The van der Waals surface area contributed by atoms with Crippen molar-refractivity contribution in [3.8, 4) is 0 Å². The molecule has 0 fully saturated rings. The number of carbonyl (C=O) groups is 1. The number of ether oxygens (including phenoxy) is 1. The summed E-state index contributed by atoms with van der Waals surface area (Å²) in [7, 11) is 1.80. The van der Waals surface area contributed by atoms with Crippen molar-refractivity contribution in [3.63, 3.8) is 0 Å². The molecule has 0 rings (SSSR count). The summed E-state index contributed by atoms with van der Waals surface area (Å²) >= 11 is 0. The summed E-state index contributed by atoms with van der Waals surface area (Å²) in [6, 6.07) is -0.526. The van der Waals surface area contributed by atoms with Gasteiger partial charge in [-0.3, -0.25) is 9.69 Å². The Morgan fingerprint density at radius 2 is 2.07 bits per heavy atom. The molecule has 0 aromatic carbocycles. The Bertz CT molecular complexity index is 183. The van der Waals surface area contributed by atoms with E-state index in [4.69, 9.17) is 9.84 Å². The van der Waals surface area contributed by atoms with Gasteiger partial charge in [-0.05, 0) is 25.9 Å². The van der Waals surface area contributed by atoms with Gasteiger partial charge in [-0.15, -0.1) is 0 Å². The van der Waals surface area contributed by atoms with E-state index in [-0.39, 0.29) is 6.61 Å². The molecule has 1 unspecified atom stereocenters. The average molecular weight is 217 g/mol. The average Bonchev–Trinajstić information content (AvgIpc) is 2.15. The van der Waals surface area contributed by atoms with E-state index in [0.29, 0.717) is 19.1 Å². The molecule has 0 amide bonds. The molecule has 4 nitrogen and oxygen atoms in total. The lowest BCUT2D eigenvalue weighted by Crippen LogP contribution is -2.41. The molecule has 0 spiro atoms. The second-order valence-electron chi connectivity index (χ2n) is 4.18. The summed E-state index contributed by atoms with van der Waals surface area (Å²) in [4.78, 5) is 12.7. The van der Waals surface area contributed by atoms with E-state index in [1.54, 1.807) is 11.9 Å². The van der Waals surface area contributed by atoms with Crippen LogP contribution in [-0.2, 0) is 9.53 Å². The van der Waals surface area contributed by atoms with Gasteiger partial charge in [0.25, 0.3) is 0 Å². The van der Waals surface area contributed by atoms with Crippen molar-refractivity contribution in [3.05, 3.63) is 0 Å². The summed E-state index contributed by atoms with van der Waals surface area (Å²) in [5.41, 5.74) is 0. The SMILES string of the molecule is CCN(C)C(COCCC(C)C)C(=O)O. The second kappa shape index (κ2) is 7.65. The van der Waals surface area contributed by atoms with Gasteiger partial charge in [0.2, 0.25) is 0 Å². The molecule has 1 N–H and O–H groups in total. The van der Waals surface area contributed by atoms with Gasteiger partial charge in [0.05, 0.1) is 6.61 Å². The lowest BCUT2D eigenvalue weighted by molar-refractivity contribution is -0.145. The fraction of sp³-hybridized carbons (Fsp3) is 0.909. The third-order valence-electron chi connectivity index (χ3n) is 2.43. The van der Waals surface area contributed by atoms with Gasteiger partial charge in [0.15, 0.2) is 0 Å². The number of carboxylic acids is 1. The largest absolute Gasteiger partial charge is 0.480 e. The smallest absolute Gasteiger partial charge is 0.323 e. The van der Waals surface area contributed by atoms with Crippen molar-refractivity contribution < 1.29 is 14.6 Å². The summed E-state index contributed by atoms with van der Waals surface area (Å²) in [6.07, 6.45) is 0.974. The van der Waals surface area contributed by atoms with Gasteiger partial charge in [-0.1, -0.05) is 20.8 Å². The zero-order valence-corrected chi connectivity index (χ0v) is 10.2. The minimum Gasteiger partial charge on any atom is -0.480 e. The molecular formula is C11H23NO3. The zero-order chi connectivity index (χ0) is 11.8. The van der Waals surface area contributed by atoms with Crippen LogP contribution < -0.4 is 0 Å². The van der Waals surface area contributed by atoms with E-state index in [9.17, 15) is 4.79 Å². The molecule has 0 heterocycles. The van der Waals surface area contributed by atoms with Crippen molar-refractivity contribution in [2.24, 2.45) is 5.92 Å². The number of carboxylic acid groups (broad SMARTS) is 1. The minimum atomic E-state index is -0.816. The van der Waals surface area contributed by atoms with Crippen molar-refractivity contribution >= 4 is 5.97 Å². The summed E-state index contributed by atoms with van der Waals surface area (Å²) in [5.74, 6) is -0.221. The van der Waals surface area contributed by atoms with Crippen molar-refractivity contribution in [1.29, 1.82) is 0 Å². The van der Waals surface area contributed by atoms with E-state index in [0.717, 1.165) is 6.42 Å².